The van der Waals surface area contributed by atoms with E-state index in [1.807, 2.05) is 0 Å². The van der Waals surface area contributed by atoms with Gasteiger partial charge in [0.1, 0.15) is 0 Å². The molecule has 0 aromatic heterocycles. The molecule has 2 atom stereocenters. The molecule has 1 aliphatic heterocycles. The van der Waals surface area contributed by atoms with Gasteiger partial charge in [0.05, 0.1) is 11.6 Å². The van der Waals surface area contributed by atoms with E-state index in [9.17, 15) is 18.0 Å². The van der Waals surface area contributed by atoms with E-state index in [-0.39, 0.29) is 24.4 Å². The predicted octanol–water partition coefficient (Wildman–Crippen LogP) is 3.45. The van der Waals surface area contributed by atoms with Crippen molar-refractivity contribution in [3.8, 4) is 0 Å². The van der Waals surface area contributed by atoms with Crippen molar-refractivity contribution in [3.63, 3.8) is 0 Å². The van der Waals surface area contributed by atoms with E-state index >= 15 is 0 Å². The normalized spacial score (nSPS) is 19.4. The SMILES string of the molecule is CC(NC(=O)CC1CCCN1)c1cccc(C(F)(F)F)c1.Cl. The van der Waals surface area contributed by atoms with Crippen molar-refractivity contribution in [2.24, 2.45) is 0 Å². The maximum Gasteiger partial charge on any atom is 0.416 e. The van der Waals surface area contributed by atoms with E-state index in [2.05, 4.69) is 10.6 Å². The first kappa shape index (κ1) is 18.8. The number of halogens is 4. The molecule has 1 aromatic rings. The summed E-state index contributed by atoms with van der Waals surface area (Å²) >= 11 is 0. The van der Waals surface area contributed by atoms with Crippen LogP contribution in [0.2, 0.25) is 0 Å². The molecular weight excluding hydrogens is 317 g/mol. The fourth-order valence-electron chi connectivity index (χ4n) is 2.52. The van der Waals surface area contributed by atoms with Gasteiger partial charge in [0, 0.05) is 12.5 Å². The average molecular weight is 337 g/mol. The number of hydrogen-bond acceptors (Lipinski definition) is 2. The first-order valence-corrected chi connectivity index (χ1v) is 7.06. The molecule has 1 saturated heterocycles. The molecule has 0 spiro atoms. The fourth-order valence-corrected chi connectivity index (χ4v) is 2.52. The van der Waals surface area contributed by atoms with Crippen LogP contribution in [0.5, 0.6) is 0 Å². The van der Waals surface area contributed by atoms with E-state index in [4.69, 9.17) is 0 Å². The van der Waals surface area contributed by atoms with Crippen molar-refractivity contribution in [2.75, 3.05) is 6.54 Å². The van der Waals surface area contributed by atoms with Crippen LogP contribution in [0.3, 0.4) is 0 Å². The van der Waals surface area contributed by atoms with Gasteiger partial charge in [-0.15, -0.1) is 12.4 Å². The van der Waals surface area contributed by atoms with E-state index in [0.717, 1.165) is 31.5 Å². The Labute approximate surface area is 134 Å². The predicted molar refractivity (Wildman–Crippen MR) is 80.9 cm³/mol. The first-order valence-electron chi connectivity index (χ1n) is 7.06. The smallest absolute Gasteiger partial charge is 0.350 e. The zero-order valence-corrected chi connectivity index (χ0v) is 13.1. The summed E-state index contributed by atoms with van der Waals surface area (Å²) in [6, 6.07) is 4.80. The highest BCUT2D eigenvalue weighted by atomic mass is 35.5. The Morgan fingerprint density at radius 1 is 1.45 bits per heavy atom. The molecule has 0 saturated carbocycles. The summed E-state index contributed by atoms with van der Waals surface area (Å²) in [7, 11) is 0. The lowest BCUT2D eigenvalue weighted by Gasteiger charge is -2.17. The Morgan fingerprint density at radius 3 is 2.77 bits per heavy atom. The van der Waals surface area contributed by atoms with Crippen LogP contribution in [0, 0.1) is 0 Å². The van der Waals surface area contributed by atoms with Gasteiger partial charge in [0.2, 0.25) is 5.91 Å². The lowest BCUT2D eigenvalue weighted by molar-refractivity contribution is -0.137. The zero-order chi connectivity index (χ0) is 15.5. The third-order valence-electron chi connectivity index (χ3n) is 3.69. The van der Waals surface area contributed by atoms with Crippen molar-refractivity contribution >= 4 is 18.3 Å². The summed E-state index contributed by atoms with van der Waals surface area (Å²) < 4.78 is 38.0. The fraction of sp³-hybridized carbons (Fsp3) is 0.533. The van der Waals surface area contributed by atoms with Crippen molar-refractivity contribution in [1.29, 1.82) is 0 Å². The van der Waals surface area contributed by atoms with Gasteiger partial charge in [-0.25, -0.2) is 0 Å². The maximum absolute atomic E-state index is 12.7. The van der Waals surface area contributed by atoms with Gasteiger partial charge in [-0.05, 0) is 44.0 Å². The summed E-state index contributed by atoms with van der Waals surface area (Å²) in [5.74, 6) is -0.140. The van der Waals surface area contributed by atoms with Gasteiger partial charge in [-0.1, -0.05) is 12.1 Å². The van der Waals surface area contributed by atoms with E-state index in [1.165, 1.54) is 6.07 Å². The Bertz CT molecular complexity index is 502. The zero-order valence-electron chi connectivity index (χ0n) is 12.2. The Hall–Kier alpha value is -1.27. The number of rotatable bonds is 4. The Balaban J connectivity index is 0.00000242. The quantitative estimate of drug-likeness (QED) is 0.884. The van der Waals surface area contributed by atoms with Crippen molar-refractivity contribution in [2.45, 2.75) is 44.4 Å². The summed E-state index contributed by atoms with van der Waals surface area (Å²) in [4.78, 5) is 11.9. The molecule has 1 amide bonds. The van der Waals surface area contributed by atoms with Gasteiger partial charge in [0.25, 0.3) is 0 Å². The molecule has 22 heavy (non-hydrogen) atoms. The van der Waals surface area contributed by atoms with Gasteiger partial charge in [-0.2, -0.15) is 13.2 Å². The molecule has 7 heteroatoms. The molecule has 1 fully saturated rings. The number of alkyl halides is 3. The minimum Gasteiger partial charge on any atom is -0.350 e. The minimum atomic E-state index is -4.37. The topological polar surface area (TPSA) is 41.1 Å². The monoisotopic (exact) mass is 336 g/mol. The van der Waals surface area contributed by atoms with E-state index < -0.39 is 17.8 Å². The van der Waals surface area contributed by atoms with Crippen LogP contribution in [0.4, 0.5) is 13.2 Å². The van der Waals surface area contributed by atoms with Crippen LogP contribution in [0.1, 0.15) is 43.4 Å². The van der Waals surface area contributed by atoms with Crippen LogP contribution in [-0.2, 0) is 11.0 Å². The minimum absolute atomic E-state index is 0. The molecule has 0 bridgehead atoms. The summed E-state index contributed by atoms with van der Waals surface area (Å²) in [5.41, 5.74) is -0.240. The van der Waals surface area contributed by atoms with Crippen molar-refractivity contribution < 1.29 is 18.0 Å². The number of hydrogen-bond donors (Lipinski definition) is 2. The summed E-state index contributed by atoms with van der Waals surface area (Å²) in [6.07, 6.45) is -1.98. The van der Waals surface area contributed by atoms with Gasteiger partial charge in [0.15, 0.2) is 0 Å². The number of carbonyl (C=O) groups excluding carboxylic acids is 1. The van der Waals surface area contributed by atoms with Crippen LogP contribution in [0.15, 0.2) is 24.3 Å². The van der Waals surface area contributed by atoms with Gasteiger partial charge in [-0.3, -0.25) is 4.79 Å². The third-order valence-corrected chi connectivity index (χ3v) is 3.69. The van der Waals surface area contributed by atoms with Crippen LogP contribution < -0.4 is 10.6 Å². The largest absolute Gasteiger partial charge is 0.416 e. The Kier molecular flexibility index (Phi) is 6.68. The van der Waals surface area contributed by atoms with Gasteiger partial charge < -0.3 is 10.6 Å². The maximum atomic E-state index is 12.7. The van der Waals surface area contributed by atoms with Crippen LogP contribution in [-0.4, -0.2) is 18.5 Å². The van der Waals surface area contributed by atoms with Gasteiger partial charge >= 0.3 is 6.18 Å². The summed E-state index contributed by atoms with van der Waals surface area (Å²) in [5, 5.41) is 5.98. The summed E-state index contributed by atoms with van der Waals surface area (Å²) in [6.45, 7) is 2.61. The molecule has 3 nitrogen and oxygen atoms in total. The number of amides is 1. The third kappa shape index (κ3) is 5.18. The highest BCUT2D eigenvalue weighted by molar-refractivity contribution is 5.85. The molecule has 124 valence electrons. The van der Waals surface area contributed by atoms with Crippen molar-refractivity contribution in [3.05, 3.63) is 35.4 Å². The molecular formula is C15H20ClF3N2O. The first-order chi connectivity index (χ1) is 9.86. The highest BCUT2D eigenvalue weighted by Gasteiger charge is 2.30. The second-order valence-corrected chi connectivity index (χ2v) is 5.41. The number of carbonyl (C=O) groups is 1. The van der Waals surface area contributed by atoms with E-state index in [0.29, 0.717) is 12.0 Å². The second-order valence-electron chi connectivity index (χ2n) is 5.41. The highest BCUT2D eigenvalue weighted by Crippen LogP contribution is 2.30. The molecule has 1 aromatic carbocycles. The second kappa shape index (κ2) is 7.83. The number of nitrogens with one attached hydrogen (secondary N) is 2. The molecule has 1 heterocycles. The molecule has 2 N–H and O–H groups in total. The molecule has 2 rings (SSSR count). The van der Waals surface area contributed by atoms with Crippen LogP contribution in [0.25, 0.3) is 0 Å². The van der Waals surface area contributed by atoms with Crippen molar-refractivity contribution in [1.82, 2.24) is 10.6 Å². The van der Waals surface area contributed by atoms with Crippen LogP contribution >= 0.6 is 12.4 Å². The lowest BCUT2D eigenvalue weighted by atomic mass is 10.0. The number of benzene rings is 1. The average Bonchev–Trinajstić information content (AvgIpc) is 2.90. The van der Waals surface area contributed by atoms with E-state index in [1.54, 1.807) is 13.0 Å². The molecule has 2 unspecified atom stereocenters. The molecule has 0 radical (unpaired) electrons. The Morgan fingerprint density at radius 2 is 2.18 bits per heavy atom. The standard InChI is InChI=1S/C15H19F3N2O.ClH/c1-10(20-14(21)9-13-6-3-7-19-13)11-4-2-5-12(8-11)15(16,17)18;/h2,4-5,8,10,13,19H,3,6-7,9H2,1H3,(H,20,21);1H. The molecule has 0 aliphatic carbocycles. The molecule has 1 aliphatic rings. The lowest BCUT2D eigenvalue weighted by Crippen LogP contribution is -2.33.